The molecule has 0 unspecified atom stereocenters. The maximum Gasteiger partial charge on any atom is 0.335 e. The van der Waals surface area contributed by atoms with Crippen molar-refractivity contribution in [1.82, 2.24) is 0 Å². The van der Waals surface area contributed by atoms with Gasteiger partial charge in [0, 0.05) is 11.6 Å². The number of carboxylic acid groups (broad SMARTS) is 1. The zero-order chi connectivity index (χ0) is 16.7. The molecule has 2 aromatic carbocycles. The number of fused-ring (bicyclic) bond motifs is 3. The zero-order valence-electron chi connectivity index (χ0n) is 13.7. The van der Waals surface area contributed by atoms with Crippen molar-refractivity contribution in [1.29, 1.82) is 0 Å². The van der Waals surface area contributed by atoms with E-state index < -0.39 is 5.97 Å². The van der Waals surface area contributed by atoms with E-state index in [1.807, 2.05) is 12.1 Å². The molecule has 1 aliphatic carbocycles. The molecule has 0 aromatic heterocycles. The van der Waals surface area contributed by atoms with Gasteiger partial charge in [-0.2, -0.15) is 0 Å². The van der Waals surface area contributed by atoms with Crippen LogP contribution in [-0.4, -0.2) is 11.1 Å². The Morgan fingerprint density at radius 1 is 1.21 bits per heavy atom. The molecule has 0 radical (unpaired) electrons. The minimum Gasteiger partial charge on any atom is -0.478 e. The van der Waals surface area contributed by atoms with Crippen LogP contribution < -0.4 is 5.32 Å². The topological polar surface area (TPSA) is 49.3 Å². The van der Waals surface area contributed by atoms with E-state index in [9.17, 15) is 4.79 Å². The molecule has 3 heteroatoms. The van der Waals surface area contributed by atoms with Gasteiger partial charge in [-0.15, -0.1) is 0 Å². The summed E-state index contributed by atoms with van der Waals surface area (Å²) in [5.41, 5.74) is 5.46. The van der Waals surface area contributed by atoms with E-state index in [0.717, 1.165) is 18.4 Å². The molecule has 0 amide bonds. The smallest absolute Gasteiger partial charge is 0.335 e. The molecule has 0 spiro atoms. The van der Waals surface area contributed by atoms with Gasteiger partial charge in [0.15, 0.2) is 0 Å². The fraction of sp³-hybridized carbons (Fsp3) is 0.286. The third-order valence-corrected chi connectivity index (χ3v) is 5.35. The Morgan fingerprint density at radius 2 is 2.00 bits per heavy atom. The van der Waals surface area contributed by atoms with Crippen molar-refractivity contribution in [2.24, 2.45) is 5.92 Å². The van der Waals surface area contributed by atoms with Crippen LogP contribution in [0.25, 0.3) is 0 Å². The molecule has 0 bridgehead atoms. The first-order valence-corrected chi connectivity index (χ1v) is 8.56. The van der Waals surface area contributed by atoms with Gasteiger partial charge >= 0.3 is 5.97 Å². The minimum absolute atomic E-state index is 0.216. The van der Waals surface area contributed by atoms with Gasteiger partial charge in [0.05, 0.1) is 11.6 Å². The highest BCUT2D eigenvalue weighted by molar-refractivity contribution is 5.87. The summed E-state index contributed by atoms with van der Waals surface area (Å²) in [7, 11) is 0. The fourth-order valence-electron chi connectivity index (χ4n) is 4.03. The average molecular weight is 319 g/mol. The van der Waals surface area contributed by atoms with Crippen LogP contribution >= 0.6 is 0 Å². The van der Waals surface area contributed by atoms with Crippen molar-refractivity contribution in [2.75, 3.05) is 5.32 Å². The van der Waals surface area contributed by atoms with Gasteiger partial charge in [-0.3, -0.25) is 0 Å². The molecule has 2 N–H and O–H groups in total. The molecular formula is C21H21NO2. The molecule has 1 aliphatic heterocycles. The standard InChI is InChI=1S/C21H21NO2/c1-2-13-6-11-19-18(12-13)16-4-3-5-17(16)20(22-19)14-7-9-15(10-8-14)21(23)24/h3-4,6-12,16-17,20,22H,2,5H2,1H3,(H,23,24)/t16-,17+,20-/m1/s1. The van der Waals surface area contributed by atoms with Crippen LogP contribution in [-0.2, 0) is 6.42 Å². The van der Waals surface area contributed by atoms with Crippen LogP contribution in [0.2, 0.25) is 0 Å². The van der Waals surface area contributed by atoms with Gasteiger partial charge in [0.25, 0.3) is 0 Å². The number of hydrogen-bond acceptors (Lipinski definition) is 2. The van der Waals surface area contributed by atoms with Gasteiger partial charge in [-0.25, -0.2) is 4.79 Å². The maximum atomic E-state index is 11.1. The summed E-state index contributed by atoms with van der Waals surface area (Å²) in [6.45, 7) is 2.19. The van der Waals surface area contributed by atoms with Crippen LogP contribution in [0.15, 0.2) is 54.6 Å². The van der Waals surface area contributed by atoms with Crippen LogP contribution in [0.3, 0.4) is 0 Å². The summed E-state index contributed by atoms with van der Waals surface area (Å²) in [6, 6.07) is 14.2. The Kier molecular flexibility index (Phi) is 3.64. The largest absolute Gasteiger partial charge is 0.478 e. The van der Waals surface area contributed by atoms with Gasteiger partial charge in [0.2, 0.25) is 0 Å². The highest BCUT2D eigenvalue weighted by Gasteiger charge is 2.37. The number of aryl methyl sites for hydroxylation is 1. The molecule has 1 heterocycles. The fourth-order valence-corrected chi connectivity index (χ4v) is 4.03. The summed E-state index contributed by atoms with van der Waals surface area (Å²) >= 11 is 0. The summed E-state index contributed by atoms with van der Waals surface area (Å²) in [5, 5.41) is 12.8. The lowest BCUT2D eigenvalue weighted by Gasteiger charge is -2.37. The predicted octanol–water partition coefficient (Wildman–Crippen LogP) is 4.77. The van der Waals surface area contributed by atoms with Crippen LogP contribution in [0, 0.1) is 5.92 Å². The van der Waals surface area contributed by atoms with Crippen molar-refractivity contribution >= 4 is 11.7 Å². The van der Waals surface area contributed by atoms with Crippen molar-refractivity contribution in [2.45, 2.75) is 31.7 Å². The minimum atomic E-state index is -0.879. The Morgan fingerprint density at radius 3 is 2.71 bits per heavy atom. The molecular weight excluding hydrogens is 298 g/mol. The van der Waals surface area contributed by atoms with E-state index in [0.29, 0.717) is 17.4 Å². The molecule has 3 atom stereocenters. The lowest BCUT2D eigenvalue weighted by Crippen LogP contribution is -2.29. The van der Waals surface area contributed by atoms with Crippen molar-refractivity contribution in [3.05, 3.63) is 76.9 Å². The molecule has 2 aliphatic rings. The van der Waals surface area contributed by atoms with Crippen LogP contribution in [0.1, 0.15) is 52.4 Å². The second-order valence-electron chi connectivity index (χ2n) is 6.68. The van der Waals surface area contributed by atoms with Gasteiger partial charge < -0.3 is 10.4 Å². The van der Waals surface area contributed by atoms with Gasteiger partial charge in [-0.05, 0) is 53.6 Å². The predicted molar refractivity (Wildman–Crippen MR) is 95.6 cm³/mol. The Labute approximate surface area is 142 Å². The van der Waals surface area contributed by atoms with Gasteiger partial charge in [-0.1, -0.05) is 43.3 Å². The second kappa shape index (κ2) is 5.82. The number of aromatic carboxylic acids is 1. The van der Waals surface area contributed by atoms with E-state index in [1.165, 1.54) is 16.8 Å². The number of hydrogen-bond donors (Lipinski definition) is 2. The first-order valence-electron chi connectivity index (χ1n) is 8.56. The number of carboxylic acids is 1. The molecule has 2 aromatic rings. The highest BCUT2D eigenvalue weighted by Crippen LogP contribution is 2.49. The molecule has 0 saturated heterocycles. The summed E-state index contributed by atoms with van der Waals surface area (Å²) in [6.07, 6.45) is 6.72. The molecule has 0 saturated carbocycles. The first kappa shape index (κ1) is 15.0. The molecule has 0 fully saturated rings. The van der Waals surface area contributed by atoms with Crippen molar-refractivity contribution in [3.8, 4) is 0 Å². The summed E-state index contributed by atoms with van der Waals surface area (Å²) in [4.78, 5) is 11.1. The normalized spacial score (nSPS) is 24.1. The lowest BCUT2D eigenvalue weighted by molar-refractivity contribution is 0.0697. The number of allylic oxidation sites excluding steroid dienone is 2. The van der Waals surface area contributed by atoms with E-state index in [1.54, 1.807) is 12.1 Å². The van der Waals surface area contributed by atoms with E-state index in [4.69, 9.17) is 5.11 Å². The average Bonchev–Trinajstić information content (AvgIpc) is 3.10. The second-order valence-corrected chi connectivity index (χ2v) is 6.68. The van der Waals surface area contributed by atoms with Crippen molar-refractivity contribution in [3.63, 3.8) is 0 Å². The number of carbonyl (C=O) groups is 1. The van der Waals surface area contributed by atoms with E-state index in [2.05, 4.69) is 42.6 Å². The Bertz CT molecular complexity index is 807. The highest BCUT2D eigenvalue weighted by atomic mass is 16.4. The zero-order valence-corrected chi connectivity index (χ0v) is 13.7. The Balaban J connectivity index is 1.71. The number of nitrogens with one attached hydrogen (secondary N) is 1. The lowest BCUT2D eigenvalue weighted by atomic mass is 9.76. The van der Waals surface area contributed by atoms with E-state index >= 15 is 0 Å². The molecule has 4 rings (SSSR count). The monoisotopic (exact) mass is 319 g/mol. The van der Waals surface area contributed by atoms with Gasteiger partial charge in [0.1, 0.15) is 0 Å². The SMILES string of the molecule is CCc1ccc2c(c1)[C@@H]1C=CC[C@@H]1[C@@H](c1ccc(C(=O)O)cc1)N2. The summed E-state index contributed by atoms with van der Waals surface area (Å²) in [5.74, 6) is 0.0492. The molecule has 3 nitrogen and oxygen atoms in total. The first-order chi connectivity index (χ1) is 11.7. The van der Waals surface area contributed by atoms with E-state index in [-0.39, 0.29) is 6.04 Å². The Hall–Kier alpha value is -2.55. The molecule has 122 valence electrons. The quantitative estimate of drug-likeness (QED) is 0.801. The number of anilines is 1. The van der Waals surface area contributed by atoms with Crippen LogP contribution in [0.4, 0.5) is 5.69 Å². The maximum absolute atomic E-state index is 11.1. The summed E-state index contributed by atoms with van der Waals surface area (Å²) < 4.78 is 0. The number of rotatable bonds is 3. The number of benzene rings is 2. The van der Waals surface area contributed by atoms with Crippen molar-refractivity contribution < 1.29 is 9.90 Å². The molecule has 24 heavy (non-hydrogen) atoms. The van der Waals surface area contributed by atoms with Crippen LogP contribution in [0.5, 0.6) is 0 Å². The third-order valence-electron chi connectivity index (χ3n) is 5.35. The third kappa shape index (κ3) is 2.41.